The van der Waals surface area contributed by atoms with Gasteiger partial charge < -0.3 is 14.2 Å². The Balaban J connectivity index is 4.15. The standard InChI is InChI=1S/C50H96O6/c1-4-7-10-13-16-18-20-22-23-24-25-26-27-28-30-31-34-37-40-43-49(52)55-46-47(45-54-48(51)42-39-36-33-15-12-9-6-3)56-50(53)44-41-38-35-32-29-21-19-17-14-11-8-5-2/h47H,4-46H2,1-3H3/t47-/m1/s1. The molecule has 0 amide bonds. The number of hydrogen-bond donors (Lipinski definition) is 0. The third-order valence-corrected chi connectivity index (χ3v) is 11.4. The van der Waals surface area contributed by atoms with E-state index in [-0.39, 0.29) is 31.1 Å². The van der Waals surface area contributed by atoms with Gasteiger partial charge in [-0.05, 0) is 19.3 Å². The third-order valence-electron chi connectivity index (χ3n) is 11.4. The van der Waals surface area contributed by atoms with E-state index in [0.29, 0.717) is 19.3 Å². The Hall–Kier alpha value is -1.59. The first-order valence-electron chi connectivity index (χ1n) is 25.0. The maximum atomic E-state index is 12.7. The van der Waals surface area contributed by atoms with Crippen LogP contribution in [-0.2, 0) is 28.6 Å². The van der Waals surface area contributed by atoms with Gasteiger partial charge in [0.05, 0.1) is 0 Å². The fourth-order valence-electron chi connectivity index (χ4n) is 7.56. The van der Waals surface area contributed by atoms with Gasteiger partial charge in [0.25, 0.3) is 0 Å². The minimum absolute atomic E-state index is 0.0626. The molecule has 0 rings (SSSR count). The quantitative estimate of drug-likeness (QED) is 0.0347. The van der Waals surface area contributed by atoms with E-state index in [1.165, 1.54) is 186 Å². The summed E-state index contributed by atoms with van der Waals surface area (Å²) in [5.41, 5.74) is 0. The average Bonchev–Trinajstić information content (AvgIpc) is 3.19. The van der Waals surface area contributed by atoms with Crippen molar-refractivity contribution in [3.05, 3.63) is 0 Å². The predicted molar refractivity (Wildman–Crippen MR) is 238 cm³/mol. The van der Waals surface area contributed by atoms with Crippen LogP contribution in [0, 0.1) is 0 Å². The van der Waals surface area contributed by atoms with E-state index in [4.69, 9.17) is 14.2 Å². The molecule has 0 aliphatic rings. The van der Waals surface area contributed by atoms with Crippen LogP contribution in [0.2, 0.25) is 0 Å². The summed E-state index contributed by atoms with van der Waals surface area (Å²) < 4.78 is 16.7. The summed E-state index contributed by atoms with van der Waals surface area (Å²) >= 11 is 0. The van der Waals surface area contributed by atoms with Crippen LogP contribution in [0.15, 0.2) is 0 Å². The lowest BCUT2D eigenvalue weighted by molar-refractivity contribution is -0.167. The van der Waals surface area contributed by atoms with Crippen molar-refractivity contribution in [3.8, 4) is 0 Å². The zero-order valence-corrected chi connectivity index (χ0v) is 37.9. The second kappa shape index (κ2) is 46.1. The number of unbranched alkanes of at least 4 members (excludes halogenated alkanes) is 35. The van der Waals surface area contributed by atoms with E-state index >= 15 is 0 Å². The Morgan fingerprint density at radius 2 is 0.482 bits per heavy atom. The second-order valence-electron chi connectivity index (χ2n) is 17.1. The molecule has 0 spiro atoms. The van der Waals surface area contributed by atoms with E-state index in [0.717, 1.165) is 57.8 Å². The third kappa shape index (κ3) is 43.5. The Labute approximate surface area is 348 Å². The van der Waals surface area contributed by atoms with Gasteiger partial charge in [-0.2, -0.15) is 0 Å². The summed E-state index contributed by atoms with van der Waals surface area (Å²) in [5.74, 6) is -0.852. The number of rotatable bonds is 46. The normalized spacial score (nSPS) is 11.8. The van der Waals surface area contributed by atoms with E-state index in [1.54, 1.807) is 0 Å². The summed E-state index contributed by atoms with van der Waals surface area (Å²) in [6, 6.07) is 0. The first-order valence-corrected chi connectivity index (χ1v) is 25.0. The molecule has 0 aromatic heterocycles. The SMILES string of the molecule is CCCCCCCCCCCCCCCCCCCCCC(=O)OC[C@@H](COC(=O)CCCCCCCCC)OC(=O)CCCCCCCCCCCCCC. The van der Waals surface area contributed by atoms with Crippen molar-refractivity contribution >= 4 is 17.9 Å². The van der Waals surface area contributed by atoms with Crippen molar-refractivity contribution in [1.82, 2.24) is 0 Å². The first kappa shape index (κ1) is 54.4. The van der Waals surface area contributed by atoms with Gasteiger partial charge in [-0.3, -0.25) is 14.4 Å². The molecule has 0 saturated carbocycles. The lowest BCUT2D eigenvalue weighted by Gasteiger charge is -2.18. The fourth-order valence-corrected chi connectivity index (χ4v) is 7.56. The minimum atomic E-state index is -0.758. The van der Waals surface area contributed by atoms with Gasteiger partial charge in [-0.1, -0.05) is 245 Å². The van der Waals surface area contributed by atoms with E-state index in [1.807, 2.05) is 0 Å². The van der Waals surface area contributed by atoms with Crippen molar-refractivity contribution in [3.63, 3.8) is 0 Å². The van der Waals surface area contributed by atoms with Gasteiger partial charge in [-0.15, -0.1) is 0 Å². The Morgan fingerprint density at radius 1 is 0.286 bits per heavy atom. The van der Waals surface area contributed by atoms with Crippen LogP contribution in [-0.4, -0.2) is 37.2 Å². The molecule has 56 heavy (non-hydrogen) atoms. The zero-order chi connectivity index (χ0) is 40.8. The molecule has 6 heteroatoms. The van der Waals surface area contributed by atoms with E-state index in [9.17, 15) is 14.4 Å². The van der Waals surface area contributed by atoms with Crippen LogP contribution in [0.25, 0.3) is 0 Å². The fraction of sp³-hybridized carbons (Fsp3) is 0.940. The highest BCUT2D eigenvalue weighted by molar-refractivity contribution is 5.71. The maximum absolute atomic E-state index is 12.7. The summed E-state index contributed by atoms with van der Waals surface area (Å²) in [6.45, 7) is 6.63. The van der Waals surface area contributed by atoms with Gasteiger partial charge in [0.1, 0.15) is 13.2 Å². The number of carbonyl (C=O) groups excluding carboxylic acids is 3. The van der Waals surface area contributed by atoms with Crippen molar-refractivity contribution < 1.29 is 28.6 Å². The summed E-state index contributed by atoms with van der Waals surface area (Å²) in [5, 5.41) is 0. The van der Waals surface area contributed by atoms with Crippen LogP contribution in [0.4, 0.5) is 0 Å². The highest BCUT2D eigenvalue weighted by Crippen LogP contribution is 2.17. The van der Waals surface area contributed by atoms with Crippen LogP contribution >= 0.6 is 0 Å². The van der Waals surface area contributed by atoms with Crippen molar-refractivity contribution in [2.75, 3.05) is 13.2 Å². The molecule has 0 saturated heterocycles. The number of esters is 3. The largest absolute Gasteiger partial charge is 0.462 e. The van der Waals surface area contributed by atoms with Crippen LogP contribution in [0.5, 0.6) is 0 Å². The highest BCUT2D eigenvalue weighted by atomic mass is 16.6. The van der Waals surface area contributed by atoms with Gasteiger partial charge >= 0.3 is 17.9 Å². The van der Waals surface area contributed by atoms with E-state index < -0.39 is 6.10 Å². The summed E-state index contributed by atoms with van der Waals surface area (Å²) in [6.07, 6.45) is 48.2. The topological polar surface area (TPSA) is 78.9 Å². The maximum Gasteiger partial charge on any atom is 0.306 e. The Kier molecular flexibility index (Phi) is 44.8. The molecule has 1 atom stereocenters. The molecule has 0 N–H and O–H groups in total. The van der Waals surface area contributed by atoms with E-state index in [2.05, 4.69) is 20.8 Å². The molecule has 0 bridgehead atoms. The van der Waals surface area contributed by atoms with Crippen molar-refractivity contribution in [2.45, 2.75) is 290 Å². The molecule has 0 aliphatic heterocycles. The van der Waals surface area contributed by atoms with Gasteiger partial charge in [0, 0.05) is 19.3 Å². The van der Waals surface area contributed by atoms with Crippen LogP contribution < -0.4 is 0 Å². The molecule has 0 aromatic rings. The first-order chi connectivity index (χ1) is 27.5. The minimum Gasteiger partial charge on any atom is -0.462 e. The van der Waals surface area contributed by atoms with Gasteiger partial charge in [0.15, 0.2) is 6.10 Å². The smallest absolute Gasteiger partial charge is 0.306 e. The summed E-state index contributed by atoms with van der Waals surface area (Å²) in [7, 11) is 0. The molecule has 332 valence electrons. The zero-order valence-electron chi connectivity index (χ0n) is 37.9. The lowest BCUT2D eigenvalue weighted by atomic mass is 10.0. The van der Waals surface area contributed by atoms with Crippen molar-refractivity contribution in [1.29, 1.82) is 0 Å². The molecule has 0 aliphatic carbocycles. The highest BCUT2D eigenvalue weighted by Gasteiger charge is 2.19. The molecule has 0 heterocycles. The average molecular weight is 793 g/mol. The Morgan fingerprint density at radius 3 is 0.714 bits per heavy atom. The summed E-state index contributed by atoms with van der Waals surface area (Å²) in [4.78, 5) is 37.7. The molecule has 0 fully saturated rings. The van der Waals surface area contributed by atoms with Crippen LogP contribution in [0.1, 0.15) is 284 Å². The monoisotopic (exact) mass is 793 g/mol. The number of carbonyl (C=O) groups is 3. The molecular formula is C50H96O6. The second-order valence-corrected chi connectivity index (χ2v) is 17.1. The number of ether oxygens (including phenoxy) is 3. The predicted octanol–water partition coefficient (Wildman–Crippen LogP) is 16.0. The van der Waals surface area contributed by atoms with Crippen molar-refractivity contribution in [2.24, 2.45) is 0 Å². The van der Waals surface area contributed by atoms with Gasteiger partial charge in [0.2, 0.25) is 0 Å². The lowest BCUT2D eigenvalue weighted by Crippen LogP contribution is -2.30. The molecule has 6 nitrogen and oxygen atoms in total. The molecule has 0 aromatic carbocycles. The molecule has 0 unspecified atom stereocenters. The molecular weight excluding hydrogens is 697 g/mol. The Bertz CT molecular complexity index is 828. The van der Waals surface area contributed by atoms with Crippen LogP contribution in [0.3, 0.4) is 0 Å². The van der Waals surface area contributed by atoms with Gasteiger partial charge in [-0.25, -0.2) is 0 Å². The molecule has 0 radical (unpaired) electrons. The number of hydrogen-bond acceptors (Lipinski definition) is 6.